The first-order chi connectivity index (χ1) is 15.5. The SMILES string of the molecule is CC[C@H](C(=O)NC1CCCC1)N(Cc1cccc(C)c1)C(=O)CSCc1ccccc1F. The molecule has 4 nitrogen and oxygen atoms in total. The number of hydrogen-bond donors (Lipinski definition) is 1. The normalized spacial score (nSPS) is 14.8. The van der Waals surface area contributed by atoms with Crippen LogP contribution in [-0.4, -0.2) is 34.6 Å². The number of halogens is 1. The molecule has 2 aromatic rings. The van der Waals surface area contributed by atoms with Gasteiger partial charge in [-0.2, -0.15) is 0 Å². The van der Waals surface area contributed by atoms with Crippen LogP contribution in [0.3, 0.4) is 0 Å². The first kappa shape index (κ1) is 24.3. The maximum absolute atomic E-state index is 13.9. The van der Waals surface area contributed by atoms with Crippen LogP contribution < -0.4 is 5.32 Å². The van der Waals surface area contributed by atoms with Crippen molar-refractivity contribution >= 4 is 23.6 Å². The Hall–Kier alpha value is -2.34. The number of aryl methyl sites for hydroxylation is 1. The monoisotopic (exact) mass is 456 g/mol. The molecule has 1 aliphatic carbocycles. The van der Waals surface area contributed by atoms with E-state index in [9.17, 15) is 14.0 Å². The lowest BCUT2D eigenvalue weighted by Crippen LogP contribution is -2.51. The molecule has 0 bridgehead atoms. The van der Waals surface area contributed by atoms with Crippen molar-refractivity contribution in [3.8, 4) is 0 Å². The van der Waals surface area contributed by atoms with Crippen molar-refractivity contribution in [2.45, 2.75) is 70.3 Å². The molecule has 2 aromatic carbocycles. The van der Waals surface area contributed by atoms with Crippen LogP contribution in [0.25, 0.3) is 0 Å². The third-order valence-corrected chi connectivity index (χ3v) is 6.93. The van der Waals surface area contributed by atoms with Crippen LogP contribution in [0, 0.1) is 12.7 Å². The Bertz CT molecular complexity index is 914. The molecule has 0 heterocycles. The summed E-state index contributed by atoms with van der Waals surface area (Å²) in [5.41, 5.74) is 2.71. The third kappa shape index (κ3) is 6.83. The number of thioether (sulfide) groups is 1. The smallest absolute Gasteiger partial charge is 0.243 e. The number of hydrogen-bond acceptors (Lipinski definition) is 3. The van der Waals surface area contributed by atoms with Crippen LogP contribution in [0.2, 0.25) is 0 Å². The van der Waals surface area contributed by atoms with Gasteiger partial charge in [-0.05, 0) is 43.4 Å². The molecule has 3 rings (SSSR count). The summed E-state index contributed by atoms with van der Waals surface area (Å²) in [5, 5.41) is 3.16. The molecule has 1 fully saturated rings. The zero-order valence-electron chi connectivity index (χ0n) is 19.0. The van der Waals surface area contributed by atoms with Crippen LogP contribution in [0.1, 0.15) is 55.7 Å². The Balaban J connectivity index is 1.71. The van der Waals surface area contributed by atoms with E-state index in [-0.39, 0.29) is 29.4 Å². The first-order valence-corrected chi connectivity index (χ1v) is 12.6. The molecule has 2 amide bonds. The largest absolute Gasteiger partial charge is 0.352 e. The maximum atomic E-state index is 13.9. The standard InChI is InChI=1S/C26H33FN2O2S/c1-3-24(26(31)28-22-12-5-6-13-22)29(16-20-10-8-9-19(2)15-20)25(30)18-32-17-21-11-4-7-14-23(21)27/h4,7-11,14-15,22,24H,3,5-6,12-13,16-18H2,1-2H3,(H,28,31)/t24-/m1/s1. The van der Waals surface area contributed by atoms with E-state index in [4.69, 9.17) is 0 Å². The van der Waals surface area contributed by atoms with Crippen LogP contribution in [0.15, 0.2) is 48.5 Å². The van der Waals surface area contributed by atoms with Gasteiger partial charge in [0.05, 0.1) is 5.75 Å². The Morgan fingerprint density at radius 3 is 2.59 bits per heavy atom. The minimum absolute atomic E-state index is 0.0699. The number of carbonyl (C=O) groups is 2. The molecule has 6 heteroatoms. The van der Waals surface area contributed by atoms with Gasteiger partial charge in [0.25, 0.3) is 0 Å². The number of rotatable bonds is 10. The van der Waals surface area contributed by atoms with E-state index in [0.717, 1.165) is 36.8 Å². The number of amides is 2. The summed E-state index contributed by atoms with van der Waals surface area (Å²) >= 11 is 1.38. The molecule has 0 spiro atoms. The Labute approximate surface area is 195 Å². The van der Waals surface area contributed by atoms with Gasteiger partial charge in [-0.1, -0.05) is 67.8 Å². The van der Waals surface area contributed by atoms with Gasteiger partial charge in [0.15, 0.2) is 0 Å². The molecule has 0 radical (unpaired) electrons. The Morgan fingerprint density at radius 2 is 1.91 bits per heavy atom. The zero-order chi connectivity index (χ0) is 22.9. The molecule has 1 saturated carbocycles. The van der Waals surface area contributed by atoms with Crippen molar-refractivity contribution in [1.29, 1.82) is 0 Å². The van der Waals surface area contributed by atoms with E-state index in [1.165, 1.54) is 17.8 Å². The lowest BCUT2D eigenvalue weighted by Gasteiger charge is -2.31. The minimum Gasteiger partial charge on any atom is -0.352 e. The fraction of sp³-hybridized carbons (Fsp3) is 0.462. The quantitative estimate of drug-likeness (QED) is 0.532. The summed E-state index contributed by atoms with van der Waals surface area (Å²) in [6, 6.07) is 14.3. The second-order valence-corrected chi connectivity index (χ2v) is 9.49. The molecule has 172 valence electrons. The van der Waals surface area contributed by atoms with Gasteiger partial charge < -0.3 is 10.2 Å². The molecule has 32 heavy (non-hydrogen) atoms. The summed E-state index contributed by atoms with van der Waals surface area (Å²) < 4.78 is 13.9. The molecule has 0 aromatic heterocycles. The lowest BCUT2D eigenvalue weighted by atomic mass is 10.1. The third-order valence-electron chi connectivity index (χ3n) is 5.96. The van der Waals surface area contributed by atoms with E-state index in [2.05, 4.69) is 5.32 Å². The second kappa shape index (κ2) is 12.0. The first-order valence-electron chi connectivity index (χ1n) is 11.4. The van der Waals surface area contributed by atoms with Crippen LogP contribution in [0.5, 0.6) is 0 Å². The van der Waals surface area contributed by atoms with Gasteiger partial charge in [-0.15, -0.1) is 11.8 Å². The fourth-order valence-corrected chi connectivity index (χ4v) is 5.14. The van der Waals surface area contributed by atoms with Crippen molar-refractivity contribution < 1.29 is 14.0 Å². The van der Waals surface area contributed by atoms with E-state index < -0.39 is 6.04 Å². The summed E-state index contributed by atoms with van der Waals surface area (Å²) in [6.07, 6.45) is 4.84. The van der Waals surface area contributed by atoms with Gasteiger partial charge in [0, 0.05) is 18.3 Å². The van der Waals surface area contributed by atoms with Crippen LogP contribution >= 0.6 is 11.8 Å². The highest BCUT2D eigenvalue weighted by Crippen LogP contribution is 2.21. The number of nitrogens with one attached hydrogen (secondary N) is 1. The number of benzene rings is 2. The van der Waals surface area contributed by atoms with Gasteiger partial charge in [-0.25, -0.2) is 4.39 Å². The molecule has 1 atom stereocenters. The fourth-order valence-electron chi connectivity index (χ4n) is 4.24. The van der Waals surface area contributed by atoms with Crippen molar-refractivity contribution in [3.63, 3.8) is 0 Å². The second-order valence-electron chi connectivity index (χ2n) is 8.51. The lowest BCUT2D eigenvalue weighted by molar-refractivity contribution is -0.139. The van der Waals surface area contributed by atoms with Gasteiger partial charge in [0.2, 0.25) is 11.8 Å². The zero-order valence-corrected chi connectivity index (χ0v) is 19.8. The topological polar surface area (TPSA) is 49.4 Å². The predicted octanol–water partition coefficient (Wildman–Crippen LogP) is 5.23. The van der Waals surface area contributed by atoms with Crippen molar-refractivity contribution in [2.75, 3.05) is 5.75 Å². The molecule has 0 saturated heterocycles. The Morgan fingerprint density at radius 1 is 1.16 bits per heavy atom. The number of nitrogens with zero attached hydrogens (tertiary/aromatic N) is 1. The summed E-state index contributed by atoms with van der Waals surface area (Å²) in [6.45, 7) is 4.35. The number of carbonyl (C=O) groups excluding carboxylic acids is 2. The summed E-state index contributed by atoms with van der Waals surface area (Å²) in [5.74, 6) is 0.196. The van der Waals surface area contributed by atoms with Gasteiger partial charge in [-0.3, -0.25) is 9.59 Å². The highest BCUT2D eigenvalue weighted by molar-refractivity contribution is 7.99. The summed E-state index contributed by atoms with van der Waals surface area (Å²) in [7, 11) is 0. The van der Waals surface area contributed by atoms with E-state index in [1.807, 2.05) is 38.1 Å². The molecular weight excluding hydrogens is 423 g/mol. The molecular formula is C26H33FN2O2S. The van der Waals surface area contributed by atoms with Crippen LogP contribution in [0.4, 0.5) is 4.39 Å². The average molecular weight is 457 g/mol. The minimum atomic E-state index is -0.516. The van der Waals surface area contributed by atoms with Gasteiger partial charge in [0.1, 0.15) is 11.9 Å². The molecule has 1 N–H and O–H groups in total. The Kier molecular flexibility index (Phi) is 9.15. The molecule has 1 aliphatic rings. The summed E-state index contributed by atoms with van der Waals surface area (Å²) in [4.78, 5) is 28.1. The van der Waals surface area contributed by atoms with Crippen molar-refractivity contribution in [3.05, 3.63) is 71.0 Å². The van der Waals surface area contributed by atoms with E-state index >= 15 is 0 Å². The maximum Gasteiger partial charge on any atom is 0.243 e. The highest BCUT2D eigenvalue weighted by Gasteiger charge is 2.30. The van der Waals surface area contributed by atoms with Crippen LogP contribution in [-0.2, 0) is 21.9 Å². The van der Waals surface area contributed by atoms with Crippen molar-refractivity contribution in [2.24, 2.45) is 0 Å². The highest BCUT2D eigenvalue weighted by atomic mass is 32.2. The van der Waals surface area contributed by atoms with Gasteiger partial charge >= 0.3 is 0 Å². The molecule has 0 aliphatic heterocycles. The molecule has 0 unspecified atom stereocenters. The van der Waals surface area contributed by atoms with Crippen molar-refractivity contribution in [1.82, 2.24) is 10.2 Å². The average Bonchev–Trinajstić information content (AvgIpc) is 3.28. The van der Waals surface area contributed by atoms with E-state index in [1.54, 1.807) is 23.1 Å². The van der Waals surface area contributed by atoms with E-state index in [0.29, 0.717) is 24.3 Å². The predicted molar refractivity (Wildman–Crippen MR) is 129 cm³/mol.